The molecule has 1 aliphatic carbocycles. The quantitative estimate of drug-likeness (QED) is 0.339. The molecule has 0 radical (unpaired) electrons. The standard InChI is InChI=1S/C10H14O/c1-3-4-7-11-9(2)8-10-5-6-10/h1,8,10H,4-7H2,2H3/b9-8+. The van der Waals surface area contributed by atoms with Crippen LogP contribution in [0.4, 0.5) is 0 Å². The lowest BCUT2D eigenvalue weighted by Gasteiger charge is -2.02. The molecular formula is C10H14O. The highest BCUT2D eigenvalue weighted by atomic mass is 16.5. The Morgan fingerprint density at radius 1 is 1.73 bits per heavy atom. The van der Waals surface area contributed by atoms with E-state index in [0.29, 0.717) is 13.0 Å². The van der Waals surface area contributed by atoms with E-state index in [9.17, 15) is 0 Å². The van der Waals surface area contributed by atoms with Crippen molar-refractivity contribution in [2.45, 2.75) is 26.2 Å². The fourth-order valence-electron chi connectivity index (χ4n) is 0.914. The van der Waals surface area contributed by atoms with Crippen LogP contribution in [0.3, 0.4) is 0 Å². The zero-order valence-corrected chi connectivity index (χ0v) is 6.97. The molecule has 0 aromatic rings. The highest BCUT2D eigenvalue weighted by Gasteiger charge is 2.18. The van der Waals surface area contributed by atoms with Crippen molar-refractivity contribution >= 4 is 0 Å². The molecule has 1 saturated carbocycles. The first-order valence-corrected chi connectivity index (χ1v) is 4.07. The van der Waals surface area contributed by atoms with Crippen molar-refractivity contribution < 1.29 is 4.74 Å². The number of hydrogen-bond acceptors (Lipinski definition) is 1. The van der Waals surface area contributed by atoms with E-state index in [1.807, 2.05) is 6.92 Å². The number of allylic oxidation sites excluding steroid dienone is 2. The Morgan fingerprint density at radius 2 is 2.45 bits per heavy atom. The molecule has 1 rings (SSSR count). The van der Waals surface area contributed by atoms with Gasteiger partial charge in [0.2, 0.25) is 0 Å². The molecule has 60 valence electrons. The Morgan fingerprint density at radius 3 is 3.00 bits per heavy atom. The minimum absolute atomic E-state index is 0.658. The predicted octanol–water partition coefficient (Wildman–Crippen LogP) is 2.34. The summed E-state index contributed by atoms with van der Waals surface area (Å²) >= 11 is 0. The van der Waals surface area contributed by atoms with Crippen molar-refractivity contribution in [1.82, 2.24) is 0 Å². The van der Waals surface area contributed by atoms with Crippen LogP contribution in [0.25, 0.3) is 0 Å². The maximum absolute atomic E-state index is 5.35. The summed E-state index contributed by atoms with van der Waals surface area (Å²) in [4.78, 5) is 0. The molecule has 0 saturated heterocycles. The molecule has 0 spiro atoms. The molecule has 11 heavy (non-hydrogen) atoms. The third-order valence-corrected chi connectivity index (χ3v) is 1.67. The number of hydrogen-bond donors (Lipinski definition) is 0. The minimum Gasteiger partial charge on any atom is -0.498 e. The van der Waals surface area contributed by atoms with Crippen LogP contribution in [-0.4, -0.2) is 6.61 Å². The van der Waals surface area contributed by atoms with Gasteiger partial charge < -0.3 is 4.74 Å². The molecule has 0 amide bonds. The second-order valence-corrected chi connectivity index (χ2v) is 2.92. The molecular weight excluding hydrogens is 136 g/mol. The van der Waals surface area contributed by atoms with Crippen LogP contribution in [0, 0.1) is 18.3 Å². The van der Waals surface area contributed by atoms with Crippen LogP contribution >= 0.6 is 0 Å². The summed E-state index contributed by atoms with van der Waals surface area (Å²) in [6.45, 7) is 2.65. The Kier molecular flexibility index (Phi) is 3.04. The van der Waals surface area contributed by atoms with E-state index in [0.717, 1.165) is 11.7 Å². The molecule has 0 heterocycles. The lowest BCUT2D eigenvalue weighted by Crippen LogP contribution is -1.90. The van der Waals surface area contributed by atoms with Crippen LogP contribution in [0.15, 0.2) is 11.8 Å². The number of rotatable bonds is 4. The smallest absolute Gasteiger partial charge is 0.0986 e. The molecule has 0 aromatic heterocycles. The Labute approximate surface area is 68.4 Å². The Hall–Kier alpha value is -0.900. The van der Waals surface area contributed by atoms with Gasteiger partial charge in [-0.2, -0.15) is 0 Å². The lowest BCUT2D eigenvalue weighted by molar-refractivity contribution is 0.220. The van der Waals surface area contributed by atoms with Crippen molar-refractivity contribution in [3.05, 3.63) is 11.8 Å². The third-order valence-electron chi connectivity index (χ3n) is 1.67. The third kappa shape index (κ3) is 3.72. The second-order valence-electron chi connectivity index (χ2n) is 2.92. The van der Waals surface area contributed by atoms with Crippen LogP contribution in [0.1, 0.15) is 26.2 Å². The van der Waals surface area contributed by atoms with Gasteiger partial charge in [-0.05, 0) is 31.8 Å². The first kappa shape index (κ1) is 8.20. The molecule has 1 heteroatoms. The zero-order valence-electron chi connectivity index (χ0n) is 6.97. The molecule has 0 aromatic carbocycles. The van der Waals surface area contributed by atoms with Gasteiger partial charge in [0.25, 0.3) is 0 Å². The van der Waals surface area contributed by atoms with Crippen molar-refractivity contribution in [2.75, 3.05) is 6.61 Å². The van der Waals surface area contributed by atoms with E-state index in [1.165, 1.54) is 12.8 Å². The molecule has 1 aliphatic rings. The van der Waals surface area contributed by atoms with E-state index in [1.54, 1.807) is 0 Å². The van der Waals surface area contributed by atoms with E-state index < -0.39 is 0 Å². The molecule has 0 aliphatic heterocycles. The SMILES string of the molecule is C#CCCO/C(C)=C/C1CC1. The van der Waals surface area contributed by atoms with Gasteiger partial charge in [0.15, 0.2) is 0 Å². The summed E-state index contributed by atoms with van der Waals surface area (Å²) in [5, 5.41) is 0. The van der Waals surface area contributed by atoms with Crippen molar-refractivity contribution in [3.63, 3.8) is 0 Å². The van der Waals surface area contributed by atoms with E-state index in [-0.39, 0.29) is 0 Å². The van der Waals surface area contributed by atoms with E-state index in [2.05, 4.69) is 12.0 Å². The molecule has 0 unspecified atom stereocenters. The van der Waals surface area contributed by atoms with Gasteiger partial charge in [0.1, 0.15) is 0 Å². The average molecular weight is 150 g/mol. The van der Waals surface area contributed by atoms with Gasteiger partial charge >= 0.3 is 0 Å². The van der Waals surface area contributed by atoms with Crippen LogP contribution in [0.2, 0.25) is 0 Å². The summed E-state index contributed by atoms with van der Waals surface area (Å²) < 4.78 is 5.35. The first-order chi connectivity index (χ1) is 5.33. The molecule has 0 atom stereocenters. The second kappa shape index (κ2) is 4.08. The van der Waals surface area contributed by atoms with E-state index >= 15 is 0 Å². The molecule has 0 bridgehead atoms. The maximum Gasteiger partial charge on any atom is 0.0986 e. The van der Waals surface area contributed by atoms with E-state index in [4.69, 9.17) is 11.2 Å². The predicted molar refractivity (Wildman–Crippen MR) is 45.9 cm³/mol. The maximum atomic E-state index is 5.35. The summed E-state index contributed by atoms with van der Waals surface area (Å²) in [6, 6.07) is 0. The van der Waals surface area contributed by atoms with Gasteiger partial charge in [-0.3, -0.25) is 0 Å². The normalized spacial score (nSPS) is 17.6. The van der Waals surface area contributed by atoms with Crippen molar-refractivity contribution in [3.8, 4) is 12.3 Å². The summed E-state index contributed by atoms with van der Waals surface area (Å²) in [5.74, 6) is 4.36. The summed E-state index contributed by atoms with van der Waals surface area (Å²) in [5.41, 5.74) is 0. The van der Waals surface area contributed by atoms with Gasteiger partial charge in [-0.15, -0.1) is 12.3 Å². The first-order valence-electron chi connectivity index (χ1n) is 4.07. The van der Waals surface area contributed by atoms with Crippen molar-refractivity contribution in [1.29, 1.82) is 0 Å². The zero-order chi connectivity index (χ0) is 8.10. The fourth-order valence-corrected chi connectivity index (χ4v) is 0.914. The Balaban J connectivity index is 2.09. The monoisotopic (exact) mass is 150 g/mol. The molecule has 1 fully saturated rings. The average Bonchev–Trinajstić information content (AvgIpc) is 2.72. The Bertz CT molecular complexity index is 182. The molecule has 0 N–H and O–H groups in total. The highest BCUT2D eigenvalue weighted by Crippen LogP contribution is 2.31. The van der Waals surface area contributed by atoms with Gasteiger partial charge in [0.05, 0.1) is 12.4 Å². The lowest BCUT2D eigenvalue weighted by atomic mass is 10.3. The number of ether oxygens (including phenoxy) is 1. The van der Waals surface area contributed by atoms with Crippen LogP contribution in [-0.2, 0) is 4.74 Å². The molecule has 1 nitrogen and oxygen atoms in total. The van der Waals surface area contributed by atoms with Gasteiger partial charge in [-0.1, -0.05) is 0 Å². The number of terminal acetylenes is 1. The van der Waals surface area contributed by atoms with Gasteiger partial charge in [-0.25, -0.2) is 0 Å². The minimum atomic E-state index is 0.658. The van der Waals surface area contributed by atoms with Crippen molar-refractivity contribution in [2.24, 2.45) is 5.92 Å². The van der Waals surface area contributed by atoms with Gasteiger partial charge in [0, 0.05) is 6.42 Å². The topological polar surface area (TPSA) is 9.23 Å². The summed E-state index contributed by atoms with van der Waals surface area (Å²) in [6.07, 6.45) is 10.6. The fraction of sp³-hybridized carbons (Fsp3) is 0.600. The highest BCUT2D eigenvalue weighted by molar-refractivity contribution is 5.00. The largest absolute Gasteiger partial charge is 0.498 e. The van der Waals surface area contributed by atoms with Crippen LogP contribution in [0.5, 0.6) is 0 Å². The van der Waals surface area contributed by atoms with Crippen LogP contribution < -0.4 is 0 Å². The summed E-state index contributed by atoms with van der Waals surface area (Å²) in [7, 11) is 0.